The van der Waals surface area contributed by atoms with Crippen LogP contribution in [0.25, 0.3) is 0 Å². The van der Waals surface area contributed by atoms with Crippen LogP contribution >= 0.6 is 0 Å². The van der Waals surface area contributed by atoms with Crippen LogP contribution in [0.1, 0.15) is 25.0 Å². The van der Waals surface area contributed by atoms with Gasteiger partial charge in [-0.25, -0.2) is 9.78 Å². The zero-order chi connectivity index (χ0) is 20.3. The molecule has 0 saturated carbocycles. The first-order chi connectivity index (χ1) is 13.4. The summed E-state index contributed by atoms with van der Waals surface area (Å²) < 4.78 is 0. The molecule has 1 aromatic rings. The van der Waals surface area contributed by atoms with Gasteiger partial charge in [0.15, 0.2) is 0 Å². The Morgan fingerprint density at radius 1 is 1.36 bits per heavy atom. The van der Waals surface area contributed by atoms with Crippen LogP contribution < -0.4 is 16.4 Å². The molecule has 28 heavy (non-hydrogen) atoms. The molecule has 0 aromatic carbocycles. The van der Waals surface area contributed by atoms with Crippen molar-refractivity contribution in [3.63, 3.8) is 0 Å². The highest BCUT2D eigenvalue weighted by molar-refractivity contribution is 5.94. The van der Waals surface area contributed by atoms with Crippen LogP contribution in [0.4, 0.5) is 4.79 Å². The van der Waals surface area contributed by atoms with Crippen molar-refractivity contribution >= 4 is 23.8 Å². The Balaban J connectivity index is 1.73. The van der Waals surface area contributed by atoms with Crippen molar-refractivity contribution in [1.29, 1.82) is 0 Å². The summed E-state index contributed by atoms with van der Waals surface area (Å²) in [6, 6.07) is -2.62. The number of amides is 5. The Hall–Kier alpha value is -3.11. The molecule has 11 heteroatoms. The number of urea groups is 1. The smallest absolute Gasteiger partial charge is 0.317 e. The van der Waals surface area contributed by atoms with Crippen LogP contribution in [0.5, 0.6) is 0 Å². The van der Waals surface area contributed by atoms with Crippen LogP contribution in [0.15, 0.2) is 12.5 Å². The van der Waals surface area contributed by atoms with Crippen LogP contribution in [-0.4, -0.2) is 81.8 Å². The van der Waals surface area contributed by atoms with Gasteiger partial charge in [0.25, 0.3) is 0 Å². The van der Waals surface area contributed by atoms with Crippen LogP contribution in [0.2, 0.25) is 0 Å². The number of carbonyl (C=O) groups is 4. The summed E-state index contributed by atoms with van der Waals surface area (Å²) in [6.07, 6.45) is 4.86. The minimum Gasteiger partial charge on any atom is -0.368 e. The fourth-order valence-corrected chi connectivity index (χ4v) is 3.57. The van der Waals surface area contributed by atoms with Crippen LogP contribution in [0, 0.1) is 0 Å². The zero-order valence-electron chi connectivity index (χ0n) is 15.7. The van der Waals surface area contributed by atoms with Crippen molar-refractivity contribution in [1.82, 2.24) is 30.4 Å². The second kappa shape index (κ2) is 8.28. The molecule has 5 N–H and O–H groups in total. The van der Waals surface area contributed by atoms with Gasteiger partial charge in [-0.15, -0.1) is 0 Å². The molecule has 3 heterocycles. The number of aromatic nitrogens is 2. The normalized spacial score (nSPS) is 23.2. The van der Waals surface area contributed by atoms with E-state index in [0.717, 1.165) is 0 Å². The molecule has 0 aliphatic carbocycles. The average Bonchev–Trinajstić information content (AvgIpc) is 3.34. The lowest BCUT2D eigenvalue weighted by Crippen LogP contribution is -2.60. The predicted molar refractivity (Wildman–Crippen MR) is 97.7 cm³/mol. The molecule has 1 aromatic heterocycles. The molecule has 3 atom stereocenters. The van der Waals surface area contributed by atoms with E-state index in [4.69, 9.17) is 5.73 Å². The number of nitrogens with zero attached hydrogens (tertiary/aromatic N) is 3. The van der Waals surface area contributed by atoms with Crippen molar-refractivity contribution in [3.05, 3.63) is 18.2 Å². The molecule has 2 aliphatic heterocycles. The summed E-state index contributed by atoms with van der Waals surface area (Å²) in [5.74, 6) is -1.36. The van der Waals surface area contributed by atoms with E-state index in [1.165, 1.54) is 16.1 Å². The van der Waals surface area contributed by atoms with Gasteiger partial charge in [0, 0.05) is 38.4 Å². The standard InChI is InChI=1S/C17H25N7O4/c1-23-6-4-11(22-17(23)28)15(26)21-12(7-10-8-19-9-20-10)16(27)24-5-2-3-13(24)14(18)25/h8-9,11-13H,2-7H2,1H3,(H2,18,25)(H,19,20)(H,21,26)(H,22,28)/t11-,12-,13-/m0/s1. The van der Waals surface area contributed by atoms with E-state index in [-0.39, 0.29) is 18.4 Å². The summed E-state index contributed by atoms with van der Waals surface area (Å²) in [5.41, 5.74) is 6.09. The quantitative estimate of drug-likeness (QED) is 0.456. The lowest BCUT2D eigenvalue weighted by molar-refractivity contribution is -0.140. The number of aromatic amines is 1. The number of rotatable bonds is 6. The minimum absolute atomic E-state index is 0.188. The first kappa shape index (κ1) is 19.6. The highest BCUT2D eigenvalue weighted by Crippen LogP contribution is 2.19. The fraction of sp³-hybridized carbons (Fsp3) is 0.588. The van der Waals surface area contributed by atoms with Gasteiger partial charge in [-0.3, -0.25) is 14.4 Å². The number of imidazole rings is 1. The minimum atomic E-state index is -0.899. The van der Waals surface area contributed by atoms with E-state index in [9.17, 15) is 19.2 Å². The first-order valence-electron chi connectivity index (χ1n) is 9.26. The van der Waals surface area contributed by atoms with Gasteiger partial charge in [0.1, 0.15) is 18.1 Å². The number of nitrogens with one attached hydrogen (secondary N) is 3. The largest absolute Gasteiger partial charge is 0.368 e. The number of primary amides is 1. The molecule has 2 saturated heterocycles. The van der Waals surface area contributed by atoms with E-state index in [1.807, 2.05) is 0 Å². The number of hydrogen-bond donors (Lipinski definition) is 4. The third kappa shape index (κ3) is 4.24. The fourth-order valence-electron chi connectivity index (χ4n) is 3.57. The van der Waals surface area contributed by atoms with Gasteiger partial charge < -0.3 is 31.2 Å². The monoisotopic (exact) mass is 391 g/mol. The molecular weight excluding hydrogens is 366 g/mol. The Labute approximate surface area is 162 Å². The lowest BCUT2D eigenvalue weighted by Gasteiger charge is -2.32. The Morgan fingerprint density at radius 3 is 2.79 bits per heavy atom. The molecule has 0 radical (unpaired) electrons. The number of hydrogen-bond acceptors (Lipinski definition) is 5. The highest BCUT2D eigenvalue weighted by atomic mass is 16.2. The van der Waals surface area contributed by atoms with Gasteiger partial charge >= 0.3 is 6.03 Å². The van der Waals surface area contributed by atoms with Crippen molar-refractivity contribution in [2.24, 2.45) is 5.73 Å². The van der Waals surface area contributed by atoms with Gasteiger partial charge in [0.05, 0.1) is 6.33 Å². The molecule has 152 valence electrons. The van der Waals surface area contributed by atoms with E-state index in [1.54, 1.807) is 13.2 Å². The second-order valence-corrected chi connectivity index (χ2v) is 7.15. The molecule has 11 nitrogen and oxygen atoms in total. The summed E-state index contributed by atoms with van der Waals surface area (Å²) in [5, 5.41) is 5.35. The average molecular weight is 391 g/mol. The Kier molecular flexibility index (Phi) is 5.81. The second-order valence-electron chi connectivity index (χ2n) is 7.15. The van der Waals surface area contributed by atoms with Crippen LogP contribution in [0.3, 0.4) is 0 Å². The van der Waals surface area contributed by atoms with Crippen LogP contribution in [-0.2, 0) is 20.8 Å². The molecule has 5 amide bonds. The van der Waals surface area contributed by atoms with E-state index in [2.05, 4.69) is 20.6 Å². The van der Waals surface area contributed by atoms with Crippen molar-refractivity contribution in [2.45, 2.75) is 43.8 Å². The number of nitrogens with two attached hydrogens (primary N) is 1. The topological polar surface area (TPSA) is 154 Å². The highest BCUT2D eigenvalue weighted by Gasteiger charge is 2.38. The third-order valence-electron chi connectivity index (χ3n) is 5.17. The SMILES string of the molecule is CN1CC[C@@H](C(=O)N[C@@H](Cc2cnc[nH]2)C(=O)N2CCC[C@H]2C(N)=O)NC1=O. The summed E-state index contributed by atoms with van der Waals surface area (Å²) in [4.78, 5) is 59.0. The van der Waals surface area contributed by atoms with Gasteiger partial charge in [-0.05, 0) is 19.3 Å². The maximum atomic E-state index is 13.1. The molecule has 0 spiro atoms. The summed E-state index contributed by atoms with van der Waals surface area (Å²) in [7, 11) is 1.64. The molecule has 0 unspecified atom stereocenters. The van der Waals surface area contributed by atoms with E-state index in [0.29, 0.717) is 38.0 Å². The van der Waals surface area contributed by atoms with Gasteiger partial charge in [-0.2, -0.15) is 0 Å². The summed E-state index contributed by atoms with van der Waals surface area (Å²) in [6.45, 7) is 0.853. The molecule has 0 bridgehead atoms. The Bertz CT molecular complexity index is 751. The predicted octanol–water partition coefficient (Wildman–Crippen LogP) is -1.67. The lowest BCUT2D eigenvalue weighted by atomic mass is 10.1. The third-order valence-corrected chi connectivity index (χ3v) is 5.17. The molecule has 2 aliphatic rings. The molecular formula is C17H25N7O4. The number of H-pyrrole nitrogens is 1. The zero-order valence-corrected chi connectivity index (χ0v) is 15.7. The van der Waals surface area contributed by atoms with E-state index >= 15 is 0 Å². The van der Waals surface area contributed by atoms with Gasteiger partial charge in [0.2, 0.25) is 17.7 Å². The maximum absolute atomic E-state index is 13.1. The van der Waals surface area contributed by atoms with Crippen molar-refractivity contribution in [3.8, 4) is 0 Å². The first-order valence-corrected chi connectivity index (χ1v) is 9.26. The number of likely N-dealkylation sites (tertiary alicyclic amines) is 1. The van der Waals surface area contributed by atoms with Crippen molar-refractivity contribution in [2.75, 3.05) is 20.1 Å². The van der Waals surface area contributed by atoms with Gasteiger partial charge in [-0.1, -0.05) is 0 Å². The summed E-state index contributed by atoms with van der Waals surface area (Å²) >= 11 is 0. The molecule has 2 fully saturated rings. The van der Waals surface area contributed by atoms with E-state index < -0.39 is 29.9 Å². The number of carbonyl (C=O) groups excluding carboxylic acids is 4. The van der Waals surface area contributed by atoms with Crippen molar-refractivity contribution < 1.29 is 19.2 Å². The molecule has 3 rings (SSSR count). The Morgan fingerprint density at radius 2 is 2.14 bits per heavy atom. The maximum Gasteiger partial charge on any atom is 0.317 e.